The number of hydrogen-bond donors (Lipinski definition) is 0. The maximum atomic E-state index is 5.88. The molecular formula is C9H9Cl2O2P. The molecule has 0 unspecified atom stereocenters. The van der Waals surface area contributed by atoms with Gasteiger partial charge in [-0.3, -0.25) is 0 Å². The first-order valence-electron chi connectivity index (χ1n) is 4.28. The van der Waals surface area contributed by atoms with Crippen LogP contribution in [0.5, 0.6) is 0 Å². The molecule has 1 fully saturated rings. The van der Waals surface area contributed by atoms with Gasteiger partial charge in [-0.05, 0) is 24.6 Å². The standard InChI is InChI=1S/C9H9Cl2O2P/c10-7-4-8(11)6-9(5-7)14-12-2-1-3-13-14/h4-6H,1-3H2. The van der Waals surface area contributed by atoms with Gasteiger partial charge in [0.2, 0.25) is 8.38 Å². The number of rotatable bonds is 1. The molecule has 0 atom stereocenters. The largest absolute Gasteiger partial charge is 0.331 e. The molecule has 1 saturated heterocycles. The first-order chi connectivity index (χ1) is 6.75. The zero-order valence-corrected chi connectivity index (χ0v) is 9.78. The van der Waals surface area contributed by atoms with E-state index in [2.05, 4.69) is 0 Å². The van der Waals surface area contributed by atoms with Crippen LogP contribution in [0.2, 0.25) is 10.0 Å². The smallest absolute Gasteiger partial charge is 0.205 e. The Bertz CT molecular complexity index is 306. The molecule has 0 bridgehead atoms. The van der Waals surface area contributed by atoms with Crippen molar-refractivity contribution < 1.29 is 9.05 Å². The van der Waals surface area contributed by atoms with Gasteiger partial charge in [-0.1, -0.05) is 23.2 Å². The lowest BCUT2D eigenvalue weighted by Gasteiger charge is -2.22. The third-order valence-electron chi connectivity index (χ3n) is 1.76. The summed E-state index contributed by atoms with van der Waals surface area (Å²) in [5.74, 6) is 0. The third kappa shape index (κ3) is 2.59. The van der Waals surface area contributed by atoms with Crippen molar-refractivity contribution in [3.63, 3.8) is 0 Å². The molecule has 14 heavy (non-hydrogen) atoms. The monoisotopic (exact) mass is 250 g/mol. The van der Waals surface area contributed by atoms with Crippen LogP contribution in [0.25, 0.3) is 0 Å². The van der Waals surface area contributed by atoms with Gasteiger partial charge in [0.1, 0.15) is 0 Å². The minimum absolute atomic E-state index is 0.618. The zero-order valence-electron chi connectivity index (χ0n) is 7.37. The van der Waals surface area contributed by atoms with E-state index in [4.69, 9.17) is 32.2 Å². The first-order valence-corrected chi connectivity index (χ1v) is 6.21. The van der Waals surface area contributed by atoms with Crippen molar-refractivity contribution in [1.82, 2.24) is 0 Å². The minimum Gasteiger partial charge on any atom is -0.331 e. The molecule has 0 N–H and O–H groups in total. The number of benzene rings is 1. The molecular weight excluding hydrogens is 242 g/mol. The molecule has 0 saturated carbocycles. The van der Waals surface area contributed by atoms with Gasteiger partial charge in [-0.15, -0.1) is 0 Å². The molecule has 2 nitrogen and oxygen atoms in total. The molecule has 1 aromatic rings. The fraction of sp³-hybridized carbons (Fsp3) is 0.333. The fourth-order valence-electron chi connectivity index (χ4n) is 1.18. The summed E-state index contributed by atoms with van der Waals surface area (Å²) in [7, 11) is -0.968. The Kier molecular flexibility index (Phi) is 3.64. The van der Waals surface area contributed by atoms with E-state index in [-0.39, 0.29) is 0 Å². The molecule has 1 heterocycles. The van der Waals surface area contributed by atoms with Gasteiger partial charge >= 0.3 is 0 Å². The summed E-state index contributed by atoms with van der Waals surface area (Å²) >= 11 is 11.8. The minimum atomic E-state index is -0.968. The average molecular weight is 251 g/mol. The van der Waals surface area contributed by atoms with Crippen molar-refractivity contribution in [1.29, 1.82) is 0 Å². The predicted octanol–water partition coefficient (Wildman–Crippen LogP) is 3.37. The molecule has 0 aliphatic carbocycles. The Morgan fingerprint density at radius 1 is 1.00 bits per heavy atom. The van der Waals surface area contributed by atoms with Gasteiger partial charge < -0.3 is 9.05 Å². The van der Waals surface area contributed by atoms with Crippen molar-refractivity contribution in [2.75, 3.05) is 13.2 Å². The Hall–Kier alpha value is 0.150. The fourth-order valence-corrected chi connectivity index (χ4v) is 3.31. The van der Waals surface area contributed by atoms with Crippen molar-refractivity contribution >= 4 is 36.9 Å². The molecule has 1 aliphatic heterocycles. The first kappa shape index (κ1) is 10.7. The van der Waals surface area contributed by atoms with E-state index >= 15 is 0 Å². The summed E-state index contributed by atoms with van der Waals surface area (Å²) in [6.07, 6.45) is 0.952. The lowest BCUT2D eigenvalue weighted by Crippen LogP contribution is -2.13. The highest BCUT2D eigenvalue weighted by molar-refractivity contribution is 7.56. The molecule has 1 aromatic carbocycles. The van der Waals surface area contributed by atoms with E-state index in [1.165, 1.54) is 0 Å². The van der Waals surface area contributed by atoms with Crippen LogP contribution in [0.1, 0.15) is 6.42 Å². The summed E-state index contributed by atoms with van der Waals surface area (Å²) in [6, 6.07) is 5.38. The van der Waals surface area contributed by atoms with Gasteiger partial charge in [0, 0.05) is 15.3 Å². The van der Waals surface area contributed by atoms with Crippen LogP contribution in [-0.4, -0.2) is 13.2 Å². The van der Waals surface area contributed by atoms with Crippen molar-refractivity contribution in [2.45, 2.75) is 6.42 Å². The van der Waals surface area contributed by atoms with E-state index < -0.39 is 8.38 Å². The van der Waals surface area contributed by atoms with Crippen LogP contribution in [-0.2, 0) is 9.05 Å². The predicted molar refractivity (Wildman–Crippen MR) is 59.5 cm³/mol. The van der Waals surface area contributed by atoms with Crippen LogP contribution in [0.3, 0.4) is 0 Å². The van der Waals surface area contributed by atoms with Crippen LogP contribution < -0.4 is 5.30 Å². The topological polar surface area (TPSA) is 18.5 Å². The molecule has 0 aromatic heterocycles. The van der Waals surface area contributed by atoms with Gasteiger partial charge in [-0.25, -0.2) is 0 Å². The van der Waals surface area contributed by atoms with E-state index in [0.29, 0.717) is 10.0 Å². The van der Waals surface area contributed by atoms with Crippen LogP contribution in [0.15, 0.2) is 18.2 Å². The van der Waals surface area contributed by atoms with Gasteiger partial charge in [-0.2, -0.15) is 0 Å². The Morgan fingerprint density at radius 2 is 1.57 bits per heavy atom. The highest BCUT2D eigenvalue weighted by Gasteiger charge is 2.18. The molecule has 0 spiro atoms. The Morgan fingerprint density at radius 3 is 2.14 bits per heavy atom. The molecule has 1 aliphatic rings. The highest BCUT2D eigenvalue weighted by Crippen LogP contribution is 2.41. The number of halogens is 2. The second-order valence-electron chi connectivity index (χ2n) is 2.90. The maximum absolute atomic E-state index is 5.88. The SMILES string of the molecule is Clc1cc(Cl)cc(P2OCCCO2)c1. The van der Waals surface area contributed by atoms with Gasteiger partial charge in [0.05, 0.1) is 13.2 Å². The van der Waals surface area contributed by atoms with Crippen molar-refractivity contribution in [2.24, 2.45) is 0 Å². The second kappa shape index (κ2) is 4.78. The maximum Gasteiger partial charge on any atom is 0.205 e. The summed E-state index contributed by atoms with van der Waals surface area (Å²) in [6.45, 7) is 1.49. The van der Waals surface area contributed by atoms with E-state index in [1.807, 2.05) is 12.1 Å². The second-order valence-corrected chi connectivity index (χ2v) is 5.32. The summed E-state index contributed by atoms with van der Waals surface area (Å²) in [5, 5.41) is 2.18. The van der Waals surface area contributed by atoms with Gasteiger partial charge in [0.15, 0.2) is 0 Å². The van der Waals surface area contributed by atoms with Crippen LogP contribution in [0, 0.1) is 0 Å². The Labute approximate surface area is 94.0 Å². The van der Waals surface area contributed by atoms with Crippen molar-refractivity contribution in [3.8, 4) is 0 Å². The van der Waals surface area contributed by atoms with Crippen LogP contribution in [0.4, 0.5) is 0 Å². The summed E-state index contributed by atoms with van der Waals surface area (Å²) in [4.78, 5) is 0. The lowest BCUT2D eigenvalue weighted by molar-refractivity contribution is 0.188. The van der Waals surface area contributed by atoms with Crippen LogP contribution >= 0.6 is 31.6 Å². The Balaban J connectivity index is 2.21. The molecule has 2 rings (SSSR count). The molecule has 0 amide bonds. The molecule has 0 radical (unpaired) electrons. The third-order valence-corrected chi connectivity index (χ3v) is 3.71. The highest BCUT2D eigenvalue weighted by atomic mass is 35.5. The van der Waals surface area contributed by atoms with E-state index in [1.54, 1.807) is 6.07 Å². The summed E-state index contributed by atoms with van der Waals surface area (Å²) in [5.41, 5.74) is 0. The lowest BCUT2D eigenvalue weighted by atomic mass is 10.4. The van der Waals surface area contributed by atoms with E-state index in [0.717, 1.165) is 24.9 Å². The normalized spacial score (nSPS) is 18.4. The average Bonchev–Trinajstić information content (AvgIpc) is 2.18. The van der Waals surface area contributed by atoms with Gasteiger partial charge in [0.25, 0.3) is 0 Å². The molecule has 5 heteroatoms. The zero-order chi connectivity index (χ0) is 9.97. The van der Waals surface area contributed by atoms with Crippen molar-refractivity contribution in [3.05, 3.63) is 28.2 Å². The summed E-state index contributed by atoms with van der Waals surface area (Å²) < 4.78 is 11.0. The van der Waals surface area contributed by atoms with E-state index in [9.17, 15) is 0 Å². The number of hydrogen-bond acceptors (Lipinski definition) is 2. The quantitative estimate of drug-likeness (QED) is 0.712. The molecule has 76 valence electrons.